The molecule has 0 spiro atoms. The maximum atomic E-state index is 9.26. The summed E-state index contributed by atoms with van der Waals surface area (Å²) in [7, 11) is 0. The highest BCUT2D eigenvalue weighted by Gasteiger charge is 2.28. The number of hydrogen-bond donors (Lipinski definition) is 2. The first kappa shape index (κ1) is 6.99. The smallest absolute Gasteiger partial charge is 0.154 e. The van der Waals surface area contributed by atoms with Gasteiger partial charge in [0.15, 0.2) is 5.72 Å². The largest absolute Gasteiger partial charge is 0.392 e. The second-order valence-electron chi connectivity index (χ2n) is 2.48. The van der Waals surface area contributed by atoms with Crippen molar-refractivity contribution in [3.8, 4) is 0 Å². The number of hydrogen-bond acceptors (Lipinski definition) is 2. The molecular formula is C6H12NO2. The van der Waals surface area contributed by atoms with Gasteiger partial charge in [-0.05, 0) is 19.3 Å². The van der Waals surface area contributed by atoms with Crippen molar-refractivity contribution in [2.75, 3.05) is 13.2 Å². The molecule has 3 nitrogen and oxygen atoms in total. The van der Waals surface area contributed by atoms with Gasteiger partial charge < -0.3 is 10.2 Å². The fourth-order valence-electron chi connectivity index (χ4n) is 1.02. The van der Waals surface area contributed by atoms with Crippen LogP contribution in [-0.4, -0.2) is 29.1 Å². The molecule has 0 aromatic carbocycles. The third-order valence-electron chi connectivity index (χ3n) is 1.64. The summed E-state index contributed by atoms with van der Waals surface area (Å²) in [6.07, 6.45) is 2.63. The van der Waals surface area contributed by atoms with Crippen molar-refractivity contribution >= 4 is 0 Å². The Bertz CT molecular complexity index is 89.1. The van der Waals surface area contributed by atoms with E-state index in [1.165, 1.54) is 0 Å². The van der Waals surface area contributed by atoms with E-state index in [0.29, 0.717) is 13.0 Å². The van der Waals surface area contributed by atoms with E-state index in [1.54, 1.807) is 0 Å². The Balaban J connectivity index is 2.37. The van der Waals surface area contributed by atoms with E-state index in [2.05, 4.69) is 5.32 Å². The molecule has 1 saturated heterocycles. The second kappa shape index (κ2) is 2.64. The molecule has 1 rings (SSSR count). The number of aliphatic hydroxyl groups is 2. The van der Waals surface area contributed by atoms with Crippen molar-refractivity contribution in [2.45, 2.75) is 25.0 Å². The zero-order chi connectivity index (χ0) is 6.74. The maximum absolute atomic E-state index is 9.26. The van der Waals surface area contributed by atoms with Gasteiger partial charge in [0.1, 0.15) is 0 Å². The Hall–Kier alpha value is -0.120. The minimum Gasteiger partial charge on any atom is -0.392 e. The topological polar surface area (TPSA) is 54.6 Å². The first-order valence-electron chi connectivity index (χ1n) is 3.29. The third kappa shape index (κ3) is 1.64. The molecule has 0 saturated carbocycles. The number of rotatable bonds is 1. The molecular weight excluding hydrogens is 118 g/mol. The first-order chi connectivity index (χ1) is 4.27. The van der Waals surface area contributed by atoms with Gasteiger partial charge in [-0.25, -0.2) is 5.32 Å². The molecule has 0 aromatic heterocycles. The summed E-state index contributed by atoms with van der Waals surface area (Å²) in [5.74, 6) is 0. The van der Waals surface area contributed by atoms with Crippen LogP contribution in [0.2, 0.25) is 0 Å². The molecule has 53 valence electrons. The number of piperidine rings is 1. The standard InChI is InChI=1S/C6H12NO2/c8-5-6(9)3-1-2-4-7-6/h8-9H,1-5H2. The van der Waals surface area contributed by atoms with Crippen molar-refractivity contribution in [3.63, 3.8) is 0 Å². The Labute approximate surface area is 54.7 Å². The molecule has 1 radical (unpaired) electrons. The van der Waals surface area contributed by atoms with E-state index in [1.807, 2.05) is 0 Å². The van der Waals surface area contributed by atoms with Gasteiger partial charge in [0.2, 0.25) is 0 Å². The third-order valence-corrected chi connectivity index (χ3v) is 1.64. The lowest BCUT2D eigenvalue weighted by molar-refractivity contribution is -0.0647. The average molecular weight is 130 g/mol. The number of aliphatic hydroxyl groups excluding tert-OH is 1. The van der Waals surface area contributed by atoms with Gasteiger partial charge >= 0.3 is 0 Å². The molecule has 9 heavy (non-hydrogen) atoms. The molecule has 1 heterocycles. The molecule has 0 aliphatic carbocycles. The molecule has 3 heteroatoms. The van der Waals surface area contributed by atoms with E-state index >= 15 is 0 Å². The van der Waals surface area contributed by atoms with Crippen LogP contribution in [0.5, 0.6) is 0 Å². The summed E-state index contributed by atoms with van der Waals surface area (Å²) in [5, 5.41) is 21.8. The SMILES string of the molecule is OCC1(O)CCCC[N]1. The van der Waals surface area contributed by atoms with Crippen LogP contribution in [0.15, 0.2) is 0 Å². The van der Waals surface area contributed by atoms with Crippen molar-refractivity contribution in [1.29, 1.82) is 0 Å². The van der Waals surface area contributed by atoms with E-state index in [9.17, 15) is 5.11 Å². The minimum atomic E-state index is -1.10. The first-order valence-corrected chi connectivity index (χ1v) is 3.29. The molecule has 0 amide bonds. The lowest BCUT2D eigenvalue weighted by Crippen LogP contribution is -2.46. The van der Waals surface area contributed by atoms with Crippen LogP contribution in [-0.2, 0) is 0 Å². The molecule has 1 unspecified atom stereocenters. The fourth-order valence-corrected chi connectivity index (χ4v) is 1.02. The van der Waals surface area contributed by atoms with Crippen molar-refractivity contribution < 1.29 is 10.2 Å². The lowest BCUT2D eigenvalue weighted by Gasteiger charge is -2.29. The summed E-state index contributed by atoms with van der Waals surface area (Å²) in [5.41, 5.74) is -1.10. The van der Waals surface area contributed by atoms with Crippen LogP contribution in [0, 0.1) is 0 Å². The molecule has 1 fully saturated rings. The quantitative estimate of drug-likeness (QED) is 0.500. The Morgan fingerprint density at radius 1 is 1.44 bits per heavy atom. The van der Waals surface area contributed by atoms with E-state index < -0.39 is 5.72 Å². The van der Waals surface area contributed by atoms with Gasteiger partial charge in [-0.2, -0.15) is 0 Å². The van der Waals surface area contributed by atoms with Gasteiger partial charge in [0, 0.05) is 6.54 Å². The van der Waals surface area contributed by atoms with E-state index in [4.69, 9.17) is 5.11 Å². The van der Waals surface area contributed by atoms with Crippen LogP contribution >= 0.6 is 0 Å². The maximum Gasteiger partial charge on any atom is 0.154 e. The Morgan fingerprint density at radius 2 is 2.22 bits per heavy atom. The van der Waals surface area contributed by atoms with Gasteiger partial charge in [-0.1, -0.05) is 0 Å². The van der Waals surface area contributed by atoms with Crippen molar-refractivity contribution in [2.24, 2.45) is 0 Å². The van der Waals surface area contributed by atoms with E-state index in [0.717, 1.165) is 12.8 Å². The summed E-state index contributed by atoms with van der Waals surface area (Å²) in [6, 6.07) is 0. The molecule has 1 aliphatic rings. The highest BCUT2D eigenvalue weighted by Crippen LogP contribution is 2.16. The molecule has 1 atom stereocenters. The van der Waals surface area contributed by atoms with Gasteiger partial charge in [-0.3, -0.25) is 0 Å². The minimum absolute atomic E-state index is 0.229. The van der Waals surface area contributed by atoms with E-state index in [-0.39, 0.29) is 6.61 Å². The fraction of sp³-hybridized carbons (Fsp3) is 1.00. The van der Waals surface area contributed by atoms with Crippen molar-refractivity contribution in [3.05, 3.63) is 0 Å². The Kier molecular flexibility index (Phi) is 2.05. The van der Waals surface area contributed by atoms with Gasteiger partial charge in [0.05, 0.1) is 6.61 Å². The lowest BCUT2D eigenvalue weighted by atomic mass is 10.0. The van der Waals surface area contributed by atoms with Gasteiger partial charge in [0.25, 0.3) is 0 Å². The summed E-state index contributed by atoms with van der Waals surface area (Å²) >= 11 is 0. The molecule has 1 aliphatic heterocycles. The molecule has 0 aromatic rings. The second-order valence-corrected chi connectivity index (χ2v) is 2.48. The highest BCUT2D eigenvalue weighted by atomic mass is 16.3. The van der Waals surface area contributed by atoms with Crippen LogP contribution in [0.3, 0.4) is 0 Å². The normalized spacial score (nSPS) is 36.7. The zero-order valence-corrected chi connectivity index (χ0v) is 5.38. The predicted octanol–water partition coefficient (Wildman–Crippen LogP) is -0.544. The molecule has 2 N–H and O–H groups in total. The summed E-state index contributed by atoms with van der Waals surface area (Å²) in [6.45, 7) is 0.462. The molecule has 0 bridgehead atoms. The summed E-state index contributed by atoms with van der Waals surface area (Å²) in [4.78, 5) is 0. The van der Waals surface area contributed by atoms with Crippen LogP contribution < -0.4 is 5.32 Å². The Morgan fingerprint density at radius 3 is 2.56 bits per heavy atom. The highest BCUT2D eigenvalue weighted by molar-refractivity contribution is 4.77. The monoisotopic (exact) mass is 130 g/mol. The van der Waals surface area contributed by atoms with Crippen molar-refractivity contribution in [1.82, 2.24) is 5.32 Å². The zero-order valence-electron chi connectivity index (χ0n) is 5.38. The average Bonchev–Trinajstić information content (AvgIpc) is 1.90. The van der Waals surface area contributed by atoms with Crippen LogP contribution in [0.4, 0.5) is 0 Å². The van der Waals surface area contributed by atoms with Crippen LogP contribution in [0.1, 0.15) is 19.3 Å². The number of nitrogens with zero attached hydrogens (tertiary/aromatic N) is 1. The summed E-state index contributed by atoms with van der Waals surface area (Å²) < 4.78 is 0. The predicted molar refractivity (Wildman–Crippen MR) is 32.9 cm³/mol. The van der Waals surface area contributed by atoms with Crippen LogP contribution in [0.25, 0.3) is 0 Å². The van der Waals surface area contributed by atoms with Gasteiger partial charge in [-0.15, -0.1) is 0 Å².